The highest BCUT2D eigenvalue weighted by atomic mass is 79.9. The fourth-order valence-corrected chi connectivity index (χ4v) is 2.54. The van der Waals surface area contributed by atoms with E-state index in [1.165, 1.54) is 4.57 Å². The largest absolute Gasteiger partial charge is 0.492 e. The van der Waals surface area contributed by atoms with Crippen LogP contribution in [0, 0.1) is 0 Å². The molecule has 1 heterocycles. The Kier molecular flexibility index (Phi) is 4.11. The molecule has 5 nitrogen and oxygen atoms in total. The Morgan fingerprint density at radius 1 is 1.09 bits per heavy atom. The highest BCUT2D eigenvalue weighted by molar-refractivity contribution is 9.10. The lowest BCUT2D eigenvalue weighted by molar-refractivity contribution is 0.287. The van der Waals surface area contributed by atoms with Gasteiger partial charge in [-0.2, -0.15) is 0 Å². The maximum Gasteiger partial charge on any atom is 0.422 e. The van der Waals surface area contributed by atoms with Gasteiger partial charge in [0, 0.05) is 4.47 Å². The Morgan fingerprint density at radius 3 is 2.64 bits per heavy atom. The number of fused-ring (bicyclic) bond motifs is 1. The van der Waals surface area contributed by atoms with E-state index in [1.54, 1.807) is 18.2 Å². The normalized spacial score (nSPS) is 10.8. The molecule has 3 rings (SSSR count). The van der Waals surface area contributed by atoms with Gasteiger partial charge in [-0.05, 0) is 30.3 Å². The fraction of sp³-hybridized carbons (Fsp3) is 0.125. The number of rotatable bonds is 4. The Labute approximate surface area is 133 Å². The molecule has 0 aliphatic carbocycles. The summed E-state index contributed by atoms with van der Waals surface area (Å²) in [6.07, 6.45) is 0. The van der Waals surface area contributed by atoms with Crippen molar-refractivity contribution in [3.05, 3.63) is 74.0 Å². The number of halogens is 1. The highest BCUT2D eigenvalue weighted by Gasteiger charge is 2.09. The molecule has 0 saturated heterocycles. The number of hydrogen-bond donors (Lipinski definition) is 0. The third-order valence-corrected chi connectivity index (χ3v) is 3.69. The molecule has 0 radical (unpaired) electrons. The second kappa shape index (κ2) is 6.19. The molecule has 0 fully saturated rings. The SMILES string of the molecule is O=c1oc(=O)n(CCOc2ccccc2)c2ccc(Br)cc12. The summed E-state index contributed by atoms with van der Waals surface area (Å²) in [5.74, 6) is 0.0384. The molecule has 0 N–H and O–H groups in total. The van der Waals surface area contributed by atoms with Crippen LogP contribution in [0.3, 0.4) is 0 Å². The van der Waals surface area contributed by atoms with Crippen molar-refractivity contribution >= 4 is 26.8 Å². The first-order valence-corrected chi connectivity index (χ1v) is 7.45. The number of aromatic nitrogens is 1. The van der Waals surface area contributed by atoms with Crippen LogP contribution in [0.1, 0.15) is 0 Å². The van der Waals surface area contributed by atoms with Gasteiger partial charge < -0.3 is 9.15 Å². The fourth-order valence-electron chi connectivity index (χ4n) is 2.18. The van der Waals surface area contributed by atoms with E-state index in [4.69, 9.17) is 9.15 Å². The first-order chi connectivity index (χ1) is 10.6. The minimum Gasteiger partial charge on any atom is -0.492 e. The van der Waals surface area contributed by atoms with E-state index < -0.39 is 11.4 Å². The molecule has 0 unspecified atom stereocenters. The summed E-state index contributed by atoms with van der Waals surface area (Å²) in [6, 6.07) is 14.4. The van der Waals surface area contributed by atoms with Gasteiger partial charge in [0.05, 0.1) is 17.4 Å². The van der Waals surface area contributed by atoms with Crippen molar-refractivity contribution in [1.82, 2.24) is 4.57 Å². The first-order valence-electron chi connectivity index (χ1n) is 6.66. The summed E-state index contributed by atoms with van der Waals surface area (Å²) < 4.78 is 12.5. The maximum absolute atomic E-state index is 11.9. The molecule has 0 spiro atoms. The van der Waals surface area contributed by atoms with Gasteiger partial charge in [0.25, 0.3) is 0 Å². The van der Waals surface area contributed by atoms with Gasteiger partial charge in [0.2, 0.25) is 0 Å². The molecule has 112 valence electrons. The smallest absolute Gasteiger partial charge is 0.422 e. The monoisotopic (exact) mass is 361 g/mol. The predicted octanol–water partition coefficient (Wildman–Crippen LogP) is 2.80. The van der Waals surface area contributed by atoms with Gasteiger partial charge in [-0.15, -0.1) is 0 Å². The predicted molar refractivity (Wildman–Crippen MR) is 86.4 cm³/mol. The minimum absolute atomic E-state index is 0.287. The summed E-state index contributed by atoms with van der Waals surface area (Å²) in [4.78, 5) is 23.7. The van der Waals surface area contributed by atoms with Crippen molar-refractivity contribution in [1.29, 1.82) is 0 Å². The lowest BCUT2D eigenvalue weighted by Gasteiger charge is -2.10. The summed E-state index contributed by atoms with van der Waals surface area (Å²) in [5, 5.41) is 0.355. The van der Waals surface area contributed by atoms with Gasteiger partial charge in [-0.25, -0.2) is 9.59 Å². The minimum atomic E-state index is -0.684. The second-order valence-corrected chi connectivity index (χ2v) is 5.55. The second-order valence-electron chi connectivity index (χ2n) is 4.63. The van der Waals surface area contributed by atoms with Crippen LogP contribution in [0.2, 0.25) is 0 Å². The maximum atomic E-state index is 11.9. The van der Waals surface area contributed by atoms with Crippen molar-refractivity contribution in [2.24, 2.45) is 0 Å². The van der Waals surface area contributed by atoms with Crippen molar-refractivity contribution < 1.29 is 9.15 Å². The summed E-state index contributed by atoms with van der Waals surface area (Å²) in [5.41, 5.74) is -0.109. The topological polar surface area (TPSA) is 61.4 Å². The number of benzene rings is 2. The van der Waals surface area contributed by atoms with E-state index in [2.05, 4.69) is 15.9 Å². The van der Waals surface area contributed by atoms with Crippen LogP contribution in [0.5, 0.6) is 5.75 Å². The van der Waals surface area contributed by atoms with E-state index in [-0.39, 0.29) is 6.54 Å². The molecule has 0 aliphatic heterocycles. The molecule has 6 heteroatoms. The summed E-state index contributed by atoms with van der Waals surface area (Å²) in [7, 11) is 0. The van der Waals surface area contributed by atoms with Crippen LogP contribution in [-0.2, 0) is 6.54 Å². The standard InChI is InChI=1S/C16H12BrNO4/c17-11-6-7-14-13(10-11)15(19)22-16(20)18(14)8-9-21-12-4-2-1-3-5-12/h1-7,10H,8-9H2. The molecule has 0 saturated carbocycles. The van der Waals surface area contributed by atoms with E-state index in [1.807, 2.05) is 30.3 Å². The van der Waals surface area contributed by atoms with Gasteiger partial charge >= 0.3 is 11.4 Å². The Hall–Kier alpha value is -2.34. The Morgan fingerprint density at radius 2 is 1.86 bits per heavy atom. The van der Waals surface area contributed by atoms with E-state index in [0.717, 1.165) is 10.2 Å². The van der Waals surface area contributed by atoms with Gasteiger partial charge in [-0.3, -0.25) is 4.57 Å². The van der Waals surface area contributed by atoms with Crippen LogP contribution in [0.25, 0.3) is 10.9 Å². The molecule has 22 heavy (non-hydrogen) atoms. The molecule has 2 aromatic carbocycles. The lowest BCUT2D eigenvalue weighted by Crippen LogP contribution is -2.27. The van der Waals surface area contributed by atoms with Crippen molar-refractivity contribution in [3.63, 3.8) is 0 Å². The molecule has 1 aromatic heterocycles. The number of para-hydroxylation sites is 1. The first kappa shape index (κ1) is 14.6. The molecule has 0 atom stereocenters. The molecular formula is C16H12BrNO4. The van der Waals surface area contributed by atoms with E-state index >= 15 is 0 Å². The van der Waals surface area contributed by atoms with E-state index in [0.29, 0.717) is 17.5 Å². The van der Waals surface area contributed by atoms with Gasteiger partial charge in [-0.1, -0.05) is 34.1 Å². The van der Waals surface area contributed by atoms with Gasteiger partial charge in [0.1, 0.15) is 12.4 Å². The van der Waals surface area contributed by atoms with Crippen molar-refractivity contribution in [2.75, 3.05) is 6.61 Å². The molecule has 3 aromatic rings. The van der Waals surface area contributed by atoms with Crippen LogP contribution in [0.4, 0.5) is 0 Å². The van der Waals surface area contributed by atoms with Crippen LogP contribution >= 0.6 is 15.9 Å². The molecule has 0 amide bonds. The average molecular weight is 362 g/mol. The van der Waals surface area contributed by atoms with Crippen LogP contribution < -0.4 is 16.1 Å². The zero-order valence-corrected chi connectivity index (χ0v) is 13.1. The summed E-state index contributed by atoms with van der Waals surface area (Å²) >= 11 is 3.30. The van der Waals surface area contributed by atoms with E-state index in [9.17, 15) is 9.59 Å². The highest BCUT2D eigenvalue weighted by Crippen LogP contribution is 2.16. The number of hydrogen-bond acceptors (Lipinski definition) is 4. The van der Waals surface area contributed by atoms with Crippen molar-refractivity contribution in [3.8, 4) is 5.75 Å². The van der Waals surface area contributed by atoms with Crippen LogP contribution in [0.15, 0.2) is 67.0 Å². The van der Waals surface area contributed by atoms with Crippen LogP contribution in [-0.4, -0.2) is 11.2 Å². The average Bonchev–Trinajstić information content (AvgIpc) is 2.52. The zero-order valence-electron chi connectivity index (χ0n) is 11.5. The third kappa shape index (κ3) is 2.96. The molecular weight excluding hydrogens is 350 g/mol. The quantitative estimate of drug-likeness (QED) is 0.716. The Bertz CT molecular complexity index is 915. The Balaban J connectivity index is 1.90. The number of ether oxygens (including phenoxy) is 1. The van der Waals surface area contributed by atoms with Crippen molar-refractivity contribution in [2.45, 2.75) is 6.54 Å². The summed E-state index contributed by atoms with van der Waals surface area (Å²) in [6.45, 7) is 0.582. The molecule has 0 bridgehead atoms. The third-order valence-electron chi connectivity index (χ3n) is 3.20. The molecule has 0 aliphatic rings. The van der Waals surface area contributed by atoms with Gasteiger partial charge in [0.15, 0.2) is 0 Å². The zero-order chi connectivity index (χ0) is 15.5. The number of nitrogens with zero attached hydrogens (tertiary/aromatic N) is 1. The lowest BCUT2D eigenvalue weighted by atomic mass is 10.2.